The fourth-order valence-corrected chi connectivity index (χ4v) is 0.901. The van der Waals surface area contributed by atoms with Crippen molar-refractivity contribution in [2.75, 3.05) is 13.2 Å². The number of carbonyl (C=O) groups is 2. The van der Waals surface area contributed by atoms with E-state index in [0.717, 1.165) is 25.0 Å². The number of hydrogen-bond donors (Lipinski definition) is 1. The molecule has 0 aromatic rings. The number of esters is 2. The second kappa shape index (κ2) is 14.7. The molecule has 0 fully saturated rings. The molecule has 0 aromatic heterocycles. The first-order chi connectivity index (χ1) is 9.87. The molecule has 2 atom stereocenters. The summed E-state index contributed by atoms with van der Waals surface area (Å²) in [5, 5.41) is 8.59. The maximum absolute atomic E-state index is 10.6. The van der Waals surface area contributed by atoms with Gasteiger partial charge in [0, 0.05) is 12.2 Å². The summed E-state index contributed by atoms with van der Waals surface area (Å²) >= 11 is 0. The van der Waals surface area contributed by atoms with E-state index in [0.29, 0.717) is 6.61 Å². The highest BCUT2D eigenvalue weighted by atomic mass is 16.7. The van der Waals surface area contributed by atoms with Crippen molar-refractivity contribution in [3.8, 4) is 0 Å². The summed E-state index contributed by atoms with van der Waals surface area (Å²) < 4.78 is 14.4. The first kappa shape index (κ1) is 21.6. The molecule has 122 valence electrons. The van der Waals surface area contributed by atoms with E-state index in [-0.39, 0.29) is 6.61 Å². The molecule has 0 aliphatic rings. The molecule has 2 unspecified atom stereocenters. The number of aliphatic hydroxyl groups excluding tert-OH is 1. The van der Waals surface area contributed by atoms with Crippen LogP contribution in [0.4, 0.5) is 0 Å². The van der Waals surface area contributed by atoms with E-state index >= 15 is 0 Å². The van der Waals surface area contributed by atoms with Crippen molar-refractivity contribution < 1.29 is 28.9 Å². The van der Waals surface area contributed by atoms with E-state index in [9.17, 15) is 9.59 Å². The van der Waals surface area contributed by atoms with E-state index < -0.39 is 24.3 Å². The number of unbranched alkanes of at least 4 members (excludes halogenated alkanes) is 1. The van der Waals surface area contributed by atoms with Crippen molar-refractivity contribution in [2.45, 2.75) is 46.0 Å². The van der Waals surface area contributed by atoms with Crippen LogP contribution in [0, 0.1) is 0 Å². The Bertz CT molecular complexity index is 311. The molecule has 1 N–H and O–H groups in total. The van der Waals surface area contributed by atoms with Gasteiger partial charge in [0.2, 0.25) is 0 Å². The van der Waals surface area contributed by atoms with Gasteiger partial charge in [-0.15, -0.1) is 0 Å². The maximum atomic E-state index is 10.6. The zero-order valence-electron chi connectivity index (χ0n) is 13.0. The Hall–Kier alpha value is -1.66. The summed E-state index contributed by atoms with van der Waals surface area (Å²) in [5.74, 6) is -0.949. The van der Waals surface area contributed by atoms with Gasteiger partial charge >= 0.3 is 11.9 Å². The molecule has 21 heavy (non-hydrogen) atoms. The third kappa shape index (κ3) is 18.3. The van der Waals surface area contributed by atoms with Gasteiger partial charge in [0.1, 0.15) is 6.61 Å². The summed E-state index contributed by atoms with van der Waals surface area (Å²) in [6.45, 7) is 12.4. The van der Waals surface area contributed by atoms with Gasteiger partial charge in [-0.3, -0.25) is 0 Å². The molecule has 0 bridgehead atoms. The summed E-state index contributed by atoms with van der Waals surface area (Å²) in [7, 11) is 0. The third-order valence-electron chi connectivity index (χ3n) is 1.93. The van der Waals surface area contributed by atoms with Crippen LogP contribution in [0.25, 0.3) is 0 Å². The number of hydrogen-bond acceptors (Lipinski definition) is 6. The number of rotatable bonds is 9. The minimum atomic E-state index is -0.603. The summed E-state index contributed by atoms with van der Waals surface area (Å²) in [6, 6.07) is 0. The lowest BCUT2D eigenvalue weighted by Crippen LogP contribution is -2.17. The second-order valence-corrected chi connectivity index (χ2v) is 4.12. The molecule has 6 heteroatoms. The fourth-order valence-electron chi connectivity index (χ4n) is 0.901. The van der Waals surface area contributed by atoms with E-state index in [1.165, 1.54) is 6.92 Å². The standard InChI is InChI=1S/C9H16O3.C6H10O3/c1-4-6-7-11-8(3)12-9(10)5-2;1-3-6(8)9-4-5(2)7/h5,8H,2,4,6-7H2,1,3H3;3,5,7H,1,4H2,2H3. The van der Waals surface area contributed by atoms with Crippen LogP contribution in [0.2, 0.25) is 0 Å². The molecular weight excluding hydrogens is 276 g/mol. The highest BCUT2D eigenvalue weighted by Crippen LogP contribution is 1.97. The molecule has 0 amide bonds. The molecule has 0 saturated heterocycles. The van der Waals surface area contributed by atoms with Gasteiger partial charge in [-0.05, 0) is 20.3 Å². The zero-order valence-corrected chi connectivity index (χ0v) is 13.0. The first-order valence-corrected chi connectivity index (χ1v) is 6.79. The smallest absolute Gasteiger partial charge is 0.332 e. The molecule has 0 aromatic carbocycles. The average molecular weight is 302 g/mol. The van der Waals surface area contributed by atoms with Crippen molar-refractivity contribution in [1.82, 2.24) is 0 Å². The van der Waals surface area contributed by atoms with Crippen LogP contribution in [0.1, 0.15) is 33.6 Å². The lowest BCUT2D eigenvalue weighted by molar-refractivity contribution is -0.168. The maximum Gasteiger partial charge on any atom is 0.332 e. The average Bonchev–Trinajstić information content (AvgIpc) is 2.45. The minimum Gasteiger partial charge on any atom is -0.460 e. The minimum absolute atomic E-state index is 0.0326. The Morgan fingerprint density at radius 2 is 1.76 bits per heavy atom. The van der Waals surface area contributed by atoms with Crippen LogP contribution in [0.3, 0.4) is 0 Å². The van der Waals surface area contributed by atoms with Gasteiger partial charge in [0.15, 0.2) is 6.29 Å². The molecule has 6 nitrogen and oxygen atoms in total. The van der Waals surface area contributed by atoms with Crippen LogP contribution in [0.5, 0.6) is 0 Å². The van der Waals surface area contributed by atoms with E-state index in [2.05, 4.69) is 24.8 Å². The normalized spacial score (nSPS) is 12.2. The Labute approximate surface area is 126 Å². The zero-order chi connectivity index (χ0) is 16.7. The van der Waals surface area contributed by atoms with Crippen molar-refractivity contribution in [3.63, 3.8) is 0 Å². The first-order valence-electron chi connectivity index (χ1n) is 6.79. The summed E-state index contributed by atoms with van der Waals surface area (Å²) in [5.41, 5.74) is 0. The van der Waals surface area contributed by atoms with E-state index in [4.69, 9.17) is 14.6 Å². The van der Waals surface area contributed by atoms with E-state index in [1.54, 1.807) is 6.92 Å². The van der Waals surface area contributed by atoms with Crippen molar-refractivity contribution in [3.05, 3.63) is 25.3 Å². The predicted octanol–water partition coefficient (Wildman–Crippen LogP) is 1.97. The van der Waals surface area contributed by atoms with Crippen LogP contribution in [-0.2, 0) is 23.8 Å². The van der Waals surface area contributed by atoms with Crippen LogP contribution in [-0.4, -0.2) is 42.7 Å². The Morgan fingerprint density at radius 3 is 2.19 bits per heavy atom. The lowest BCUT2D eigenvalue weighted by atomic mass is 10.4. The molecular formula is C15H26O6. The number of carbonyl (C=O) groups excluding carboxylic acids is 2. The van der Waals surface area contributed by atoms with Crippen molar-refractivity contribution >= 4 is 11.9 Å². The van der Waals surface area contributed by atoms with Crippen LogP contribution < -0.4 is 0 Å². The molecule has 0 spiro atoms. The molecule has 0 saturated carbocycles. The quantitative estimate of drug-likeness (QED) is 0.303. The van der Waals surface area contributed by atoms with Gasteiger partial charge in [-0.2, -0.15) is 0 Å². The topological polar surface area (TPSA) is 82.1 Å². The Morgan fingerprint density at radius 1 is 1.19 bits per heavy atom. The highest BCUT2D eigenvalue weighted by molar-refractivity contribution is 5.81. The van der Waals surface area contributed by atoms with Crippen LogP contribution >= 0.6 is 0 Å². The van der Waals surface area contributed by atoms with Gasteiger partial charge in [-0.1, -0.05) is 26.5 Å². The predicted molar refractivity (Wildman–Crippen MR) is 79.4 cm³/mol. The van der Waals surface area contributed by atoms with Crippen molar-refractivity contribution in [2.24, 2.45) is 0 Å². The van der Waals surface area contributed by atoms with E-state index in [1.807, 2.05) is 0 Å². The lowest BCUT2D eigenvalue weighted by Gasteiger charge is -2.11. The monoisotopic (exact) mass is 302 g/mol. The number of ether oxygens (including phenoxy) is 3. The molecule has 0 heterocycles. The molecule has 0 rings (SSSR count). The molecule has 0 aliphatic carbocycles. The van der Waals surface area contributed by atoms with Crippen molar-refractivity contribution in [1.29, 1.82) is 0 Å². The molecule has 0 radical (unpaired) electrons. The second-order valence-electron chi connectivity index (χ2n) is 4.12. The summed E-state index contributed by atoms with van der Waals surface area (Å²) in [4.78, 5) is 20.9. The van der Waals surface area contributed by atoms with Gasteiger partial charge in [0.25, 0.3) is 0 Å². The fraction of sp³-hybridized carbons (Fsp3) is 0.600. The Kier molecular flexibility index (Phi) is 15.2. The summed E-state index contributed by atoms with van der Waals surface area (Å²) in [6.07, 6.45) is 3.16. The van der Waals surface area contributed by atoms with Crippen LogP contribution in [0.15, 0.2) is 25.3 Å². The third-order valence-corrected chi connectivity index (χ3v) is 1.93. The molecule has 0 aliphatic heterocycles. The van der Waals surface area contributed by atoms with Gasteiger partial charge < -0.3 is 19.3 Å². The highest BCUT2D eigenvalue weighted by Gasteiger charge is 2.04. The number of aliphatic hydroxyl groups is 1. The largest absolute Gasteiger partial charge is 0.460 e. The van der Waals surface area contributed by atoms with Gasteiger partial charge in [0.05, 0.1) is 12.7 Å². The van der Waals surface area contributed by atoms with Gasteiger partial charge in [-0.25, -0.2) is 9.59 Å². The SMILES string of the molecule is C=CC(=O)OC(C)OCCCC.C=CC(=O)OCC(C)O. The Balaban J connectivity index is 0.